The second-order valence-corrected chi connectivity index (χ2v) is 6.57. The quantitative estimate of drug-likeness (QED) is 0.632. The summed E-state index contributed by atoms with van der Waals surface area (Å²) < 4.78 is 17.7. The first kappa shape index (κ1) is 17.9. The van der Waals surface area contributed by atoms with Crippen LogP contribution in [0.1, 0.15) is 10.4 Å². The molecule has 5 nitrogen and oxygen atoms in total. The molecule has 0 heterocycles. The Morgan fingerprint density at radius 2 is 1.65 bits per heavy atom. The number of hydrogen-bond acceptors (Lipinski definition) is 4. The third-order valence-electron chi connectivity index (χ3n) is 3.11. The lowest BCUT2D eigenvalue weighted by Gasteiger charge is -2.14. The van der Waals surface area contributed by atoms with E-state index < -0.39 is 0 Å². The molecule has 0 aliphatic heterocycles. The van der Waals surface area contributed by atoms with Crippen molar-refractivity contribution in [1.82, 2.24) is 0 Å². The molecule has 0 fully saturated rings. The van der Waals surface area contributed by atoms with Gasteiger partial charge in [-0.05, 0) is 52.9 Å². The smallest absolute Gasteiger partial charge is 0.255 e. The summed E-state index contributed by atoms with van der Waals surface area (Å²) in [5, 5.41) is 2.87. The maximum absolute atomic E-state index is 12.5. The van der Waals surface area contributed by atoms with Crippen LogP contribution in [0.4, 0.5) is 5.69 Å². The summed E-state index contributed by atoms with van der Waals surface area (Å²) in [4.78, 5) is 12.5. The van der Waals surface area contributed by atoms with E-state index in [9.17, 15) is 4.79 Å². The van der Waals surface area contributed by atoms with Gasteiger partial charge < -0.3 is 19.5 Å². The maximum Gasteiger partial charge on any atom is 0.255 e. The Morgan fingerprint density at radius 3 is 2.13 bits per heavy atom. The average molecular weight is 492 g/mol. The molecular formula is C16H15BrINO4. The topological polar surface area (TPSA) is 56.8 Å². The number of amides is 1. The summed E-state index contributed by atoms with van der Waals surface area (Å²) in [5.74, 6) is 1.05. The fourth-order valence-electron chi connectivity index (χ4n) is 2.00. The minimum Gasteiger partial charge on any atom is -0.493 e. The highest BCUT2D eigenvalue weighted by molar-refractivity contribution is 14.1. The summed E-state index contributed by atoms with van der Waals surface area (Å²) in [6.45, 7) is 0. The minimum atomic E-state index is -0.260. The van der Waals surface area contributed by atoms with Crippen molar-refractivity contribution in [2.24, 2.45) is 0 Å². The van der Waals surface area contributed by atoms with Crippen LogP contribution in [0.5, 0.6) is 17.2 Å². The van der Waals surface area contributed by atoms with Crippen molar-refractivity contribution in [1.29, 1.82) is 0 Å². The van der Waals surface area contributed by atoms with Crippen molar-refractivity contribution in [3.05, 3.63) is 43.9 Å². The Morgan fingerprint density at radius 1 is 1.04 bits per heavy atom. The van der Waals surface area contributed by atoms with Gasteiger partial charge in [-0.3, -0.25) is 4.79 Å². The van der Waals surface area contributed by atoms with E-state index in [2.05, 4.69) is 43.8 Å². The number of methoxy groups -OCH3 is 3. The molecule has 2 rings (SSSR count). The highest BCUT2D eigenvalue weighted by Crippen LogP contribution is 2.38. The van der Waals surface area contributed by atoms with Gasteiger partial charge in [0.15, 0.2) is 11.5 Å². The third-order valence-corrected chi connectivity index (χ3v) is 4.49. The predicted octanol–water partition coefficient (Wildman–Crippen LogP) is 4.33. The molecular weight excluding hydrogens is 477 g/mol. The Balaban J connectivity index is 2.35. The Kier molecular flexibility index (Phi) is 6.11. The molecule has 2 aromatic carbocycles. The van der Waals surface area contributed by atoms with Gasteiger partial charge in [0.05, 0.1) is 27.0 Å². The Bertz CT molecular complexity index is 711. The molecule has 0 atom stereocenters. The van der Waals surface area contributed by atoms with E-state index in [1.165, 1.54) is 21.3 Å². The van der Waals surface area contributed by atoms with Crippen molar-refractivity contribution in [3.8, 4) is 17.2 Å². The first-order valence-electron chi connectivity index (χ1n) is 6.56. The molecule has 0 saturated heterocycles. The van der Waals surface area contributed by atoms with Gasteiger partial charge in [0.2, 0.25) is 5.75 Å². The van der Waals surface area contributed by atoms with Crippen molar-refractivity contribution in [2.75, 3.05) is 26.6 Å². The molecule has 0 aromatic heterocycles. The number of carbonyl (C=O) groups is 1. The second-order valence-electron chi connectivity index (χ2n) is 4.49. The molecule has 2 aromatic rings. The molecule has 23 heavy (non-hydrogen) atoms. The zero-order valence-electron chi connectivity index (χ0n) is 12.8. The third kappa shape index (κ3) is 4.08. The van der Waals surface area contributed by atoms with Gasteiger partial charge in [0.1, 0.15) is 0 Å². The first-order chi connectivity index (χ1) is 11.0. The number of benzene rings is 2. The van der Waals surface area contributed by atoms with Gasteiger partial charge in [-0.25, -0.2) is 0 Å². The highest BCUT2D eigenvalue weighted by atomic mass is 127. The monoisotopic (exact) mass is 491 g/mol. The molecule has 0 saturated carbocycles. The van der Waals surface area contributed by atoms with Gasteiger partial charge in [0, 0.05) is 13.6 Å². The van der Waals surface area contributed by atoms with Crippen LogP contribution in [0, 0.1) is 3.57 Å². The lowest BCUT2D eigenvalue weighted by Crippen LogP contribution is -2.13. The fourth-order valence-corrected chi connectivity index (χ4v) is 3.44. The molecule has 1 amide bonds. The van der Waals surface area contributed by atoms with E-state index in [0.29, 0.717) is 22.8 Å². The maximum atomic E-state index is 12.5. The zero-order chi connectivity index (χ0) is 17.0. The van der Waals surface area contributed by atoms with E-state index >= 15 is 0 Å². The van der Waals surface area contributed by atoms with Crippen molar-refractivity contribution >= 4 is 50.1 Å². The molecule has 0 aliphatic rings. The molecule has 7 heteroatoms. The normalized spacial score (nSPS) is 10.1. The molecule has 0 radical (unpaired) electrons. The van der Waals surface area contributed by atoms with E-state index in [1.54, 1.807) is 12.1 Å². The molecule has 0 bridgehead atoms. The number of anilines is 1. The van der Waals surface area contributed by atoms with Crippen LogP contribution in [0.25, 0.3) is 0 Å². The standard InChI is InChI=1S/C16H15BrINO4/c1-21-13-6-9(7-14(22-2)15(13)23-3)16(20)19-12-5-4-10(17)8-11(12)18/h4-8H,1-3H3,(H,19,20). The summed E-state index contributed by atoms with van der Waals surface area (Å²) in [5.41, 5.74) is 1.14. The molecule has 122 valence electrons. The molecule has 0 spiro atoms. The van der Waals surface area contributed by atoms with Crippen LogP contribution in [0.15, 0.2) is 34.8 Å². The van der Waals surface area contributed by atoms with Crippen molar-refractivity contribution in [2.45, 2.75) is 0 Å². The molecule has 1 N–H and O–H groups in total. The zero-order valence-corrected chi connectivity index (χ0v) is 16.5. The van der Waals surface area contributed by atoms with Crippen LogP contribution in [-0.4, -0.2) is 27.2 Å². The van der Waals surface area contributed by atoms with E-state index in [1.807, 2.05) is 18.2 Å². The summed E-state index contributed by atoms with van der Waals surface area (Å²) >= 11 is 5.56. The number of rotatable bonds is 5. The second kappa shape index (κ2) is 7.87. The number of ether oxygens (including phenoxy) is 3. The Labute approximate surface area is 156 Å². The van der Waals surface area contributed by atoms with E-state index in [0.717, 1.165) is 13.7 Å². The minimum absolute atomic E-state index is 0.260. The van der Waals surface area contributed by atoms with Gasteiger partial charge in [-0.15, -0.1) is 0 Å². The van der Waals surface area contributed by atoms with Gasteiger partial charge in [-0.1, -0.05) is 15.9 Å². The fraction of sp³-hybridized carbons (Fsp3) is 0.188. The Hall–Kier alpha value is -1.48. The summed E-state index contributed by atoms with van der Waals surface area (Å²) in [6.07, 6.45) is 0. The van der Waals surface area contributed by atoms with Crippen LogP contribution in [0.3, 0.4) is 0 Å². The summed E-state index contributed by atoms with van der Waals surface area (Å²) in [7, 11) is 4.54. The highest BCUT2D eigenvalue weighted by Gasteiger charge is 2.17. The SMILES string of the molecule is COc1cc(C(=O)Nc2ccc(Br)cc2I)cc(OC)c1OC. The van der Waals surface area contributed by atoms with Gasteiger partial charge in [0.25, 0.3) is 5.91 Å². The molecule has 0 aliphatic carbocycles. The number of hydrogen-bond donors (Lipinski definition) is 1. The molecule has 0 unspecified atom stereocenters. The lowest BCUT2D eigenvalue weighted by atomic mass is 10.1. The number of carbonyl (C=O) groups excluding carboxylic acids is 1. The number of halogens is 2. The summed E-state index contributed by atoms with van der Waals surface area (Å²) in [6, 6.07) is 8.85. The van der Waals surface area contributed by atoms with Crippen LogP contribution in [-0.2, 0) is 0 Å². The van der Waals surface area contributed by atoms with Crippen LogP contribution in [0.2, 0.25) is 0 Å². The van der Waals surface area contributed by atoms with Gasteiger partial charge >= 0.3 is 0 Å². The van der Waals surface area contributed by atoms with Crippen molar-refractivity contribution < 1.29 is 19.0 Å². The lowest BCUT2D eigenvalue weighted by molar-refractivity contribution is 0.102. The van der Waals surface area contributed by atoms with E-state index in [4.69, 9.17) is 14.2 Å². The average Bonchev–Trinajstić information content (AvgIpc) is 2.55. The first-order valence-corrected chi connectivity index (χ1v) is 8.43. The van der Waals surface area contributed by atoms with E-state index in [-0.39, 0.29) is 5.91 Å². The number of nitrogens with one attached hydrogen (secondary N) is 1. The van der Waals surface area contributed by atoms with Crippen molar-refractivity contribution in [3.63, 3.8) is 0 Å². The largest absolute Gasteiger partial charge is 0.493 e. The predicted molar refractivity (Wildman–Crippen MR) is 101 cm³/mol. The van der Waals surface area contributed by atoms with Crippen LogP contribution < -0.4 is 19.5 Å². The van der Waals surface area contributed by atoms with Gasteiger partial charge in [-0.2, -0.15) is 0 Å². The van der Waals surface area contributed by atoms with Crippen LogP contribution >= 0.6 is 38.5 Å².